The van der Waals surface area contributed by atoms with E-state index in [2.05, 4.69) is 0 Å². The monoisotopic (exact) mass is 461 g/mol. The molecule has 1 amide bonds. The van der Waals surface area contributed by atoms with Crippen molar-refractivity contribution in [1.82, 2.24) is 4.90 Å². The average molecular weight is 462 g/mol. The number of hydrogen-bond donors (Lipinski definition) is 1. The molecular weight excluding hydrogens is 449 g/mol. The van der Waals surface area contributed by atoms with E-state index in [0.29, 0.717) is 6.08 Å². The molecule has 1 fully saturated rings. The van der Waals surface area contributed by atoms with Crippen LogP contribution >= 0.6 is 23.2 Å². The molecule has 0 saturated carbocycles. The van der Waals surface area contributed by atoms with Gasteiger partial charge in [-0.2, -0.15) is 13.2 Å². The van der Waals surface area contributed by atoms with Crippen LogP contribution in [0.15, 0.2) is 48.5 Å². The van der Waals surface area contributed by atoms with Crippen LogP contribution in [-0.4, -0.2) is 41.1 Å². The molecule has 0 spiro atoms. The molecule has 0 unspecified atom stereocenters. The number of benzene rings is 2. The van der Waals surface area contributed by atoms with E-state index in [-0.39, 0.29) is 39.8 Å². The molecular formula is C20H13Cl2F4NO3. The van der Waals surface area contributed by atoms with E-state index < -0.39 is 29.3 Å². The van der Waals surface area contributed by atoms with Gasteiger partial charge in [0, 0.05) is 15.6 Å². The number of allylic oxidation sites excluding steroid dienone is 2. The largest absolute Gasteiger partial charge is 0.465 e. The summed E-state index contributed by atoms with van der Waals surface area (Å²) in [6.07, 6.45) is -5.67. The van der Waals surface area contributed by atoms with Crippen molar-refractivity contribution in [3.05, 3.63) is 75.3 Å². The molecule has 2 aromatic rings. The van der Waals surface area contributed by atoms with Gasteiger partial charge in [-0.1, -0.05) is 47.5 Å². The Labute approximate surface area is 178 Å². The Balaban J connectivity index is 1.87. The van der Waals surface area contributed by atoms with Crippen LogP contribution in [0.3, 0.4) is 0 Å². The van der Waals surface area contributed by atoms with Gasteiger partial charge in [-0.05, 0) is 35.4 Å². The third-order valence-electron chi connectivity index (χ3n) is 4.59. The first-order chi connectivity index (χ1) is 13.9. The number of carbonyl (C=O) groups excluding carboxylic acids is 1. The third kappa shape index (κ3) is 4.60. The van der Waals surface area contributed by atoms with Gasteiger partial charge in [-0.3, -0.25) is 4.79 Å². The Bertz CT molecular complexity index is 1010. The zero-order chi connectivity index (χ0) is 22.3. The van der Waals surface area contributed by atoms with Gasteiger partial charge >= 0.3 is 12.3 Å². The highest BCUT2D eigenvalue weighted by molar-refractivity contribution is 6.35. The molecule has 30 heavy (non-hydrogen) atoms. The highest BCUT2D eigenvalue weighted by atomic mass is 35.5. The first-order valence-electron chi connectivity index (χ1n) is 8.46. The van der Waals surface area contributed by atoms with Crippen molar-refractivity contribution < 1.29 is 32.3 Å². The molecule has 10 heteroatoms. The second kappa shape index (κ2) is 7.92. The molecule has 3 rings (SSSR count). The van der Waals surface area contributed by atoms with Crippen LogP contribution < -0.4 is 0 Å². The summed E-state index contributed by atoms with van der Waals surface area (Å²) in [5.74, 6) is -0.946. The van der Waals surface area contributed by atoms with E-state index in [9.17, 15) is 27.2 Å². The fourth-order valence-electron chi connectivity index (χ4n) is 3.06. The second-order valence-corrected chi connectivity index (χ2v) is 7.63. The standard InChI is InChI=1S/C20H13Cl2F4NO3/c21-14-5-12(6-15(22)7-14)16(20(24,25)26)8-17(28)11-1-3-13(4-2-11)19(23)9-27(10-19)18(29)30/h1-8H,9-10H2,(H,29,30). The number of nitrogens with zero attached hydrogens (tertiary/aromatic N) is 1. The van der Waals surface area contributed by atoms with Gasteiger partial charge < -0.3 is 10.0 Å². The zero-order valence-corrected chi connectivity index (χ0v) is 16.5. The van der Waals surface area contributed by atoms with Crippen molar-refractivity contribution in [2.75, 3.05) is 13.1 Å². The number of carbonyl (C=O) groups is 2. The van der Waals surface area contributed by atoms with Crippen LogP contribution in [0.1, 0.15) is 21.5 Å². The topological polar surface area (TPSA) is 57.6 Å². The van der Waals surface area contributed by atoms with E-state index in [4.69, 9.17) is 28.3 Å². The SMILES string of the molecule is O=C(C=C(c1cc(Cl)cc(Cl)c1)C(F)(F)F)c1ccc(C2(F)CN(C(=O)O)C2)cc1. The van der Waals surface area contributed by atoms with Crippen LogP contribution in [-0.2, 0) is 5.67 Å². The van der Waals surface area contributed by atoms with Gasteiger partial charge in [0.25, 0.3) is 0 Å². The summed E-state index contributed by atoms with van der Waals surface area (Å²) < 4.78 is 55.2. The molecule has 2 aromatic carbocycles. The van der Waals surface area contributed by atoms with Crippen molar-refractivity contribution in [2.45, 2.75) is 11.8 Å². The highest BCUT2D eigenvalue weighted by Gasteiger charge is 2.47. The third-order valence-corrected chi connectivity index (χ3v) is 5.03. The number of alkyl halides is 4. The molecule has 0 aromatic heterocycles. The molecule has 1 aliphatic rings. The van der Waals surface area contributed by atoms with E-state index in [0.717, 1.165) is 17.0 Å². The lowest BCUT2D eigenvalue weighted by Gasteiger charge is -2.42. The molecule has 1 heterocycles. The smallest absolute Gasteiger partial charge is 0.417 e. The van der Waals surface area contributed by atoms with Crippen molar-refractivity contribution in [2.24, 2.45) is 0 Å². The Hall–Kier alpha value is -2.58. The number of ketones is 1. The Kier molecular flexibility index (Phi) is 5.84. The maximum atomic E-state index is 14.7. The minimum atomic E-state index is -4.85. The molecule has 1 N–H and O–H groups in total. The molecule has 0 bridgehead atoms. The minimum Gasteiger partial charge on any atom is -0.465 e. The number of hydrogen-bond acceptors (Lipinski definition) is 2. The minimum absolute atomic E-state index is 0.0198. The van der Waals surface area contributed by atoms with Gasteiger partial charge in [0.1, 0.15) is 0 Å². The highest BCUT2D eigenvalue weighted by Crippen LogP contribution is 2.38. The number of likely N-dealkylation sites (tertiary alicyclic amines) is 1. The molecule has 158 valence electrons. The summed E-state index contributed by atoms with van der Waals surface area (Å²) in [7, 11) is 0. The number of carboxylic acid groups (broad SMARTS) is 1. The van der Waals surface area contributed by atoms with Crippen molar-refractivity contribution in [3.8, 4) is 0 Å². The predicted molar refractivity (Wildman–Crippen MR) is 104 cm³/mol. The first kappa shape index (κ1) is 22.1. The van der Waals surface area contributed by atoms with Crippen LogP contribution in [0.5, 0.6) is 0 Å². The quantitative estimate of drug-likeness (QED) is 0.346. The van der Waals surface area contributed by atoms with Gasteiger partial charge in [0.05, 0.1) is 18.7 Å². The van der Waals surface area contributed by atoms with E-state index in [1.54, 1.807) is 0 Å². The predicted octanol–water partition coefficient (Wildman–Crippen LogP) is 5.98. The van der Waals surface area contributed by atoms with E-state index in [1.807, 2.05) is 0 Å². The average Bonchev–Trinajstić information content (AvgIpc) is 2.61. The first-order valence-corrected chi connectivity index (χ1v) is 9.22. The Morgan fingerprint density at radius 2 is 1.53 bits per heavy atom. The molecule has 1 aliphatic heterocycles. The van der Waals surface area contributed by atoms with Crippen LogP contribution in [0.25, 0.3) is 5.57 Å². The maximum absolute atomic E-state index is 14.7. The lowest BCUT2D eigenvalue weighted by Crippen LogP contribution is -2.58. The Morgan fingerprint density at radius 1 is 1.00 bits per heavy atom. The fourth-order valence-corrected chi connectivity index (χ4v) is 3.59. The van der Waals surface area contributed by atoms with Crippen molar-refractivity contribution >= 4 is 40.7 Å². The summed E-state index contributed by atoms with van der Waals surface area (Å²) in [5.41, 5.74) is -3.44. The molecule has 0 radical (unpaired) electrons. The lowest BCUT2D eigenvalue weighted by molar-refractivity contribution is -0.0689. The van der Waals surface area contributed by atoms with Gasteiger partial charge in [-0.15, -0.1) is 0 Å². The molecule has 4 nitrogen and oxygen atoms in total. The summed E-state index contributed by atoms with van der Waals surface area (Å²) >= 11 is 11.5. The second-order valence-electron chi connectivity index (χ2n) is 6.76. The number of halogens is 6. The lowest BCUT2D eigenvalue weighted by atomic mass is 9.87. The van der Waals surface area contributed by atoms with Crippen molar-refractivity contribution in [3.63, 3.8) is 0 Å². The number of rotatable bonds is 4. The summed E-state index contributed by atoms with van der Waals surface area (Å²) in [5, 5.41) is 8.77. The van der Waals surface area contributed by atoms with Crippen LogP contribution in [0.2, 0.25) is 10.0 Å². The summed E-state index contributed by atoms with van der Waals surface area (Å²) in [6, 6.07) is 8.24. The van der Waals surface area contributed by atoms with Crippen LogP contribution in [0, 0.1) is 0 Å². The van der Waals surface area contributed by atoms with E-state index in [1.165, 1.54) is 30.3 Å². The zero-order valence-electron chi connectivity index (χ0n) is 15.0. The maximum Gasteiger partial charge on any atom is 0.417 e. The van der Waals surface area contributed by atoms with Crippen LogP contribution in [0.4, 0.5) is 22.4 Å². The van der Waals surface area contributed by atoms with E-state index >= 15 is 0 Å². The van der Waals surface area contributed by atoms with Gasteiger partial charge in [0.15, 0.2) is 11.5 Å². The number of amides is 1. The summed E-state index contributed by atoms with van der Waals surface area (Å²) in [6.45, 7) is -0.716. The van der Waals surface area contributed by atoms with Crippen molar-refractivity contribution in [1.29, 1.82) is 0 Å². The molecule has 1 saturated heterocycles. The molecule has 0 atom stereocenters. The molecule has 0 aliphatic carbocycles. The normalized spacial score (nSPS) is 16.2. The fraction of sp³-hybridized carbons (Fsp3) is 0.200. The summed E-state index contributed by atoms with van der Waals surface area (Å²) in [4.78, 5) is 24.1. The van der Waals surface area contributed by atoms with Gasteiger partial charge in [-0.25, -0.2) is 9.18 Å². The Morgan fingerprint density at radius 3 is 2.00 bits per heavy atom. The van der Waals surface area contributed by atoms with Gasteiger partial charge in [0.2, 0.25) is 0 Å².